The van der Waals surface area contributed by atoms with Crippen LogP contribution in [0.3, 0.4) is 0 Å². The summed E-state index contributed by atoms with van der Waals surface area (Å²) in [5.41, 5.74) is 0. The van der Waals surface area contributed by atoms with Crippen LogP contribution in [0.25, 0.3) is 0 Å². The van der Waals surface area contributed by atoms with Crippen molar-refractivity contribution in [3.8, 4) is 0 Å². The Hall–Kier alpha value is -0.300. The van der Waals surface area contributed by atoms with E-state index in [9.17, 15) is 5.11 Å². The number of allylic oxidation sites excluding steroid dienone is 2. The van der Waals surface area contributed by atoms with Gasteiger partial charge in [-0.1, -0.05) is 26.0 Å². The Kier molecular flexibility index (Phi) is 3.13. The Morgan fingerprint density at radius 2 is 2.09 bits per heavy atom. The van der Waals surface area contributed by atoms with E-state index in [1.54, 1.807) is 0 Å². The molecule has 2 atom stereocenters. The third-order valence-electron chi connectivity index (χ3n) is 2.48. The topological polar surface area (TPSA) is 20.2 Å². The van der Waals surface area contributed by atoms with Crippen LogP contribution in [0.2, 0.25) is 0 Å². The van der Waals surface area contributed by atoms with E-state index in [0.717, 1.165) is 19.3 Å². The average molecular weight is 154 g/mol. The van der Waals surface area contributed by atoms with Crippen LogP contribution in [-0.4, -0.2) is 11.2 Å². The summed E-state index contributed by atoms with van der Waals surface area (Å²) < 4.78 is 0. The number of hydrogen-bond acceptors (Lipinski definition) is 1. The molecule has 0 spiro atoms. The number of hydrogen-bond donors (Lipinski definition) is 1. The summed E-state index contributed by atoms with van der Waals surface area (Å²) in [6, 6.07) is 0. The zero-order chi connectivity index (χ0) is 8.27. The van der Waals surface area contributed by atoms with E-state index in [1.165, 1.54) is 0 Å². The Morgan fingerprint density at radius 3 is 2.55 bits per heavy atom. The maximum Gasteiger partial charge on any atom is 0.0594 e. The van der Waals surface area contributed by atoms with Crippen LogP contribution in [-0.2, 0) is 0 Å². The summed E-state index contributed by atoms with van der Waals surface area (Å²) in [5.74, 6) is 0.923. The molecule has 0 amide bonds. The zero-order valence-corrected chi connectivity index (χ0v) is 7.46. The Labute approximate surface area is 69.1 Å². The monoisotopic (exact) mass is 154 g/mol. The van der Waals surface area contributed by atoms with Crippen molar-refractivity contribution in [2.45, 2.75) is 39.2 Å². The summed E-state index contributed by atoms with van der Waals surface area (Å²) in [6.45, 7) is 4.17. The molecule has 1 nitrogen and oxygen atoms in total. The Morgan fingerprint density at radius 1 is 1.36 bits per heavy atom. The first-order chi connectivity index (χ1) is 5.22. The largest absolute Gasteiger partial charge is 0.393 e. The second kappa shape index (κ2) is 3.91. The minimum Gasteiger partial charge on any atom is -0.393 e. The second-order valence-corrected chi connectivity index (χ2v) is 3.78. The third-order valence-corrected chi connectivity index (χ3v) is 2.48. The van der Waals surface area contributed by atoms with Crippen LogP contribution in [0.5, 0.6) is 0 Å². The van der Waals surface area contributed by atoms with Gasteiger partial charge in [0.1, 0.15) is 0 Å². The molecule has 0 aromatic carbocycles. The second-order valence-electron chi connectivity index (χ2n) is 3.78. The van der Waals surface area contributed by atoms with E-state index in [4.69, 9.17) is 0 Å². The lowest BCUT2D eigenvalue weighted by Crippen LogP contribution is -2.26. The lowest BCUT2D eigenvalue weighted by molar-refractivity contribution is 0.0601. The van der Waals surface area contributed by atoms with Crippen molar-refractivity contribution in [2.24, 2.45) is 11.8 Å². The molecule has 0 fully saturated rings. The van der Waals surface area contributed by atoms with Crippen LogP contribution in [0, 0.1) is 11.8 Å². The minimum atomic E-state index is -0.0973. The van der Waals surface area contributed by atoms with Crippen molar-refractivity contribution in [3.63, 3.8) is 0 Å². The van der Waals surface area contributed by atoms with Crippen molar-refractivity contribution in [3.05, 3.63) is 12.2 Å². The maximum atomic E-state index is 9.72. The lowest BCUT2D eigenvalue weighted by atomic mass is 9.84. The molecule has 0 aliphatic heterocycles. The van der Waals surface area contributed by atoms with Gasteiger partial charge in [-0.25, -0.2) is 0 Å². The fourth-order valence-corrected chi connectivity index (χ4v) is 1.67. The first-order valence-electron chi connectivity index (χ1n) is 4.55. The summed E-state index contributed by atoms with van der Waals surface area (Å²) in [7, 11) is 0. The highest BCUT2D eigenvalue weighted by Gasteiger charge is 2.21. The highest BCUT2D eigenvalue weighted by molar-refractivity contribution is 4.92. The average Bonchev–Trinajstić information content (AvgIpc) is 2.05. The molecule has 0 radical (unpaired) electrons. The van der Waals surface area contributed by atoms with E-state index < -0.39 is 0 Å². The van der Waals surface area contributed by atoms with Gasteiger partial charge in [0, 0.05) is 0 Å². The summed E-state index contributed by atoms with van der Waals surface area (Å²) in [4.78, 5) is 0. The molecule has 0 aromatic rings. The molecule has 1 aliphatic rings. The molecule has 64 valence electrons. The first kappa shape index (κ1) is 8.79. The number of rotatable bonds is 2. The Balaban J connectivity index is 2.40. The molecular formula is C10H18O. The van der Waals surface area contributed by atoms with Gasteiger partial charge in [-0.15, -0.1) is 0 Å². The normalized spacial score (nSPS) is 27.5. The van der Waals surface area contributed by atoms with Crippen molar-refractivity contribution in [2.75, 3.05) is 0 Å². The first-order valence-corrected chi connectivity index (χ1v) is 4.55. The summed E-state index contributed by atoms with van der Waals surface area (Å²) in [6.07, 6.45) is 7.69. The molecule has 1 rings (SSSR count). The summed E-state index contributed by atoms with van der Waals surface area (Å²) >= 11 is 0. The van der Waals surface area contributed by atoms with Gasteiger partial charge in [-0.3, -0.25) is 0 Å². The molecule has 1 heteroatoms. The van der Waals surface area contributed by atoms with Crippen LogP contribution in [0.15, 0.2) is 12.2 Å². The van der Waals surface area contributed by atoms with E-state index >= 15 is 0 Å². The van der Waals surface area contributed by atoms with Crippen molar-refractivity contribution in [1.82, 2.24) is 0 Å². The number of aliphatic hydroxyl groups excluding tert-OH is 1. The van der Waals surface area contributed by atoms with Crippen molar-refractivity contribution in [1.29, 1.82) is 0 Å². The SMILES string of the molecule is CC(C)C(O)C1CC=CCC1. The minimum absolute atomic E-state index is 0.0973. The smallest absolute Gasteiger partial charge is 0.0594 e. The molecule has 2 unspecified atom stereocenters. The van der Waals surface area contributed by atoms with E-state index in [0.29, 0.717) is 11.8 Å². The molecule has 11 heavy (non-hydrogen) atoms. The highest BCUT2D eigenvalue weighted by atomic mass is 16.3. The highest BCUT2D eigenvalue weighted by Crippen LogP contribution is 2.25. The van der Waals surface area contributed by atoms with Gasteiger partial charge in [0.05, 0.1) is 6.10 Å². The quantitative estimate of drug-likeness (QED) is 0.605. The molecule has 0 bridgehead atoms. The zero-order valence-electron chi connectivity index (χ0n) is 7.46. The fourth-order valence-electron chi connectivity index (χ4n) is 1.67. The van der Waals surface area contributed by atoms with Gasteiger partial charge >= 0.3 is 0 Å². The third kappa shape index (κ3) is 2.33. The lowest BCUT2D eigenvalue weighted by Gasteiger charge is -2.26. The van der Waals surface area contributed by atoms with Gasteiger partial charge in [-0.05, 0) is 31.1 Å². The summed E-state index contributed by atoms with van der Waals surface area (Å²) in [5, 5.41) is 9.72. The van der Waals surface area contributed by atoms with Gasteiger partial charge < -0.3 is 5.11 Å². The number of aliphatic hydroxyl groups is 1. The predicted octanol–water partition coefficient (Wildman–Crippen LogP) is 2.36. The molecule has 0 saturated carbocycles. The van der Waals surface area contributed by atoms with Crippen molar-refractivity contribution < 1.29 is 5.11 Å². The maximum absolute atomic E-state index is 9.72. The molecule has 0 saturated heterocycles. The van der Waals surface area contributed by atoms with Crippen LogP contribution in [0.1, 0.15) is 33.1 Å². The molecule has 0 aromatic heterocycles. The Bertz CT molecular complexity index is 138. The predicted molar refractivity (Wildman–Crippen MR) is 47.3 cm³/mol. The van der Waals surface area contributed by atoms with E-state index in [1.807, 2.05) is 0 Å². The van der Waals surface area contributed by atoms with E-state index in [-0.39, 0.29) is 6.10 Å². The van der Waals surface area contributed by atoms with Crippen LogP contribution < -0.4 is 0 Å². The molecule has 1 N–H and O–H groups in total. The van der Waals surface area contributed by atoms with Crippen LogP contribution in [0.4, 0.5) is 0 Å². The van der Waals surface area contributed by atoms with Crippen LogP contribution >= 0.6 is 0 Å². The van der Waals surface area contributed by atoms with Gasteiger partial charge in [0.25, 0.3) is 0 Å². The molecule has 1 aliphatic carbocycles. The van der Waals surface area contributed by atoms with Gasteiger partial charge in [0.2, 0.25) is 0 Å². The van der Waals surface area contributed by atoms with Gasteiger partial charge in [0.15, 0.2) is 0 Å². The molecule has 0 heterocycles. The standard InChI is InChI=1S/C10H18O/c1-8(2)10(11)9-6-4-3-5-7-9/h3-4,8-11H,5-7H2,1-2H3. The van der Waals surface area contributed by atoms with E-state index in [2.05, 4.69) is 26.0 Å². The fraction of sp³-hybridized carbons (Fsp3) is 0.800. The van der Waals surface area contributed by atoms with Crippen molar-refractivity contribution >= 4 is 0 Å². The molecular weight excluding hydrogens is 136 g/mol. The van der Waals surface area contributed by atoms with Gasteiger partial charge in [-0.2, -0.15) is 0 Å².